The molecule has 0 saturated heterocycles. The Hall–Kier alpha value is -4.73. The number of rotatable bonds is 4. The molecule has 3 aromatic heterocycles. The Labute approximate surface area is 199 Å². The predicted molar refractivity (Wildman–Crippen MR) is 126 cm³/mol. The molecule has 0 bridgehead atoms. The minimum absolute atomic E-state index is 0.0503. The first-order valence-corrected chi connectivity index (χ1v) is 10.4. The van der Waals surface area contributed by atoms with E-state index in [1.807, 2.05) is 0 Å². The Bertz CT molecular complexity index is 1650. The molecule has 0 fully saturated rings. The van der Waals surface area contributed by atoms with Crippen molar-refractivity contribution in [1.29, 1.82) is 0 Å². The van der Waals surface area contributed by atoms with Crippen LogP contribution in [0.4, 0.5) is 8.78 Å². The number of halogens is 2. The van der Waals surface area contributed by atoms with E-state index in [2.05, 4.69) is 28.8 Å². The van der Waals surface area contributed by atoms with E-state index in [-0.39, 0.29) is 23.1 Å². The Kier molecular flexibility index (Phi) is 6.20. The van der Waals surface area contributed by atoms with Gasteiger partial charge in [0.1, 0.15) is 11.6 Å². The van der Waals surface area contributed by atoms with Crippen LogP contribution >= 0.6 is 0 Å². The maximum Gasteiger partial charge on any atom is 0.255 e. The Morgan fingerprint density at radius 2 is 1.91 bits per heavy atom. The minimum Gasteiger partial charge on any atom is -0.366 e. The van der Waals surface area contributed by atoms with E-state index >= 15 is 0 Å². The van der Waals surface area contributed by atoms with Crippen LogP contribution in [-0.2, 0) is 12.6 Å². The number of benzene rings is 1. The summed E-state index contributed by atoms with van der Waals surface area (Å²) in [6, 6.07) is 9.08. The highest BCUT2D eigenvalue weighted by molar-refractivity contribution is 5.97. The highest BCUT2D eigenvalue weighted by Crippen LogP contribution is 2.30. The van der Waals surface area contributed by atoms with Crippen LogP contribution in [0.2, 0.25) is 0 Å². The van der Waals surface area contributed by atoms with Crippen molar-refractivity contribution >= 4 is 11.4 Å². The summed E-state index contributed by atoms with van der Waals surface area (Å²) in [5.74, 6) is 8.68. The first-order chi connectivity index (χ1) is 16.7. The normalized spacial score (nSPS) is 12.2. The SMILES string of the molecule is Cn1cccc(C(N)(CC#CC#Cc2c(C(N)=O)ccn3nccc23)c2cc(F)ccc2F)c1=O. The van der Waals surface area contributed by atoms with Crippen LogP contribution < -0.4 is 17.0 Å². The molecule has 9 heteroatoms. The number of pyridine rings is 2. The first-order valence-electron chi connectivity index (χ1n) is 10.4. The lowest BCUT2D eigenvalue weighted by Gasteiger charge is -2.28. The molecule has 4 aromatic rings. The smallest absolute Gasteiger partial charge is 0.255 e. The van der Waals surface area contributed by atoms with Crippen molar-refractivity contribution in [3.05, 3.63) is 105 Å². The van der Waals surface area contributed by atoms with Crippen LogP contribution in [0.1, 0.15) is 33.5 Å². The lowest BCUT2D eigenvalue weighted by atomic mass is 9.81. The summed E-state index contributed by atoms with van der Waals surface area (Å²) >= 11 is 0. The second-order valence-corrected chi connectivity index (χ2v) is 7.79. The minimum atomic E-state index is -1.75. The number of hydrogen-bond acceptors (Lipinski definition) is 4. The molecule has 174 valence electrons. The summed E-state index contributed by atoms with van der Waals surface area (Å²) in [4.78, 5) is 24.6. The largest absolute Gasteiger partial charge is 0.366 e. The van der Waals surface area contributed by atoms with Gasteiger partial charge >= 0.3 is 0 Å². The molecular weight excluding hydrogens is 452 g/mol. The average molecular weight is 471 g/mol. The highest BCUT2D eigenvalue weighted by Gasteiger charge is 2.35. The number of carbonyl (C=O) groups excluding carboxylic acids is 1. The maximum absolute atomic E-state index is 14.7. The molecular formula is C26H19F2N5O2. The lowest BCUT2D eigenvalue weighted by molar-refractivity contribution is 0.1000. The molecule has 4 N–H and O–H groups in total. The Morgan fingerprint density at radius 3 is 2.69 bits per heavy atom. The number of hydrogen-bond donors (Lipinski definition) is 2. The molecule has 1 unspecified atom stereocenters. The third-order valence-electron chi connectivity index (χ3n) is 5.56. The summed E-state index contributed by atoms with van der Waals surface area (Å²) < 4.78 is 31.6. The molecule has 4 rings (SSSR count). The van der Waals surface area contributed by atoms with Crippen LogP contribution in [-0.4, -0.2) is 20.1 Å². The van der Waals surface area contributed by atoms with Gasteiger partial charge in [0, 0.05) is 37.0 Å². The van der Waals surface area contributed by atoms with Gasteiger partial charge < -0.3 is 16.0 Å². The fourth-order valence-electron chi connectivity index (χ4n) is 3.77. The van der Waals surface area contributed by atoms with E-state index < -0.39 is 28.6 Å². The van der Waals surface area contributed by atoms with Gasteiger partial charge in [-0.25, -0.2) is 13.3 Å². The quantitative estimate of drug-likeness (QED) is 0.444. The van der Waals surface area contributed by atoms with E-state index in [0.717, 1.165) is 18.2 Å². The van der Waals surface area contributed by atoms with Gasteiger partial charge in [0.15, 0.2) is 0 Å². The number of aryl methyl sites for hydroxylation is 1. The van der Waals surface area contributed by atoms with Gasteiger partial charge in [-0.05, 0) is 60.2 Å². The van der Waals surface area contributed by atoms with Gasteiger partial charge in [-0.1, -0.05) is 5.92 Å². The molecule has 1 amide bonds. The molecule has 0 radical (unpaired) electrons. The van der Waals surface area contributed by atoms with E-state index in [1.54, 1.807) is 24.5 Å². The van der Waals surface area contributed by atoms with Crippen molar-refractivity contribution in [3.63, 3.8) is 0 Å². The fraction of sp³-hybridized carbons (Fsp3) is 0.115. The monoisotopic (exact) mass is 471 g/mol. The standard InChI is InChI=1S/C26H19F2N5O2/c1-32-14-5-7-20(25(32)35)26(30,21-16-17(27)8-9-22(21)28)12-4-2-3-6-18-19(24(29)34)11-15-33-23(18)10-13-31-33/h5,7-11,13-16H,12,30H2,1H3,(H2,29,34). The van der Waals surface area contributed by atoms with Crippen LogP contribution in [0.25, 0.3) is 5.52 Å². The number of amides is 1. The predicted octanol–water partition coefficient (Wildman–Crippen LogP) is 2.06. The van der Waals surface area contributed by atoms with Crippen molar-refractivity contribution < 1.29 is 13.6 Å². The van der Waals surface area contributed by atoms with E-state index in [9.17, 15) is 18.4 Å². The molecule has 3 heterocycles. The Morgan fingerprint density at radius 1 is 1.11 bits per heavy atom. The van der Waals surface area contributed by atoms with Crippen molar-refractivity contribution in [2.24, 2.45) is 18.5 Å². The molecule has 1 atom stereocenters. The van der Waals surface area contributed by atoms with Crippen molar-refractivity contribution in [3.8, 4) is 23.7 Å². The maximum atomic E-state index is 14.7. The van der Waals surface area contributed by atoms with Crippen LogP contribution in [0.15, 0.2) is 65.8 Å². The summed E-state index contributed by atoms with van der Waals surface area (Å²) in [6.45, 7) is 0. The molecule has 0 aliphatic rings. The molecule has 1 aromatic carbocycles. The van der Waals surface area contributed by atoms with Crippen molar-refractivity contribution in [2.75, 3.05) is 0 Å². The summed E-state index contributed by atoms with van der Waals surface area (Å²) in [7, 11) is 1.53. The van der Waals surface area contributed by atoms with Gasteiger partial charge in [-0.15, -0.1) is 0 Å². The second kappa shape index (κ2) is 9.26. The summed E-state index contributed by atoms with van der Waals surface area (Å²) in [5.41, 5.74) is 10.8. The number of nitrogens with zero attached hydrogens (tertiary/aromatic N) is 3. The second-order valence-electron chi connectivity index (χ2n) is 7.79. The topological polar surface area (TPSA) is 108 Å². The molecule has 7 nitrogen and oxygen atoms in total. The van der Waals surface area contributed by atoms with E-state index in [0.29, 0.717) is 11.1 Å². The summed E-state index contributed by atoms with van der Waals surface area (Å²) in [5, 5.41) is 4.10. The number of carbonyl (C=O) groups is 1. The van der Waals surface area contributed by atoms with E-state index in [4.69, 9.17) is 11.5 Å². The molecule has 0 spiro atoms. The van der Waals surface area contributed by atoms with Crippen LogP contribution in [0.5, 0.6) is 0 Å². The third kappa shape index (κ3) is 4.41. The molecule has 0 saturated carbocycles. The third-order valence-corrected chi connectivity index (χ3v) is 5.56. The summed E-state index contributed by atoms with van der Waals surface area (Å²) in [6.07, 6.45) is 4.43. The van der Waals surface area contributed by atoms with Crippen LogP contribution in [0, 0.1) is 35.3 Å². The molecule has 35 heavy (non-hydrogen) atoms. The molecule has 0 aliphatic heterocycles. The van der Waals surface area contributed by atoms with Crippen LogP contribution in [0.3, 0.4) is 0 Å². The van der Waals surface area contributed by atoms with Crippen molar-refractivity contribution in [1.82, 2.24) is 14.2 Å². The van der Waals surface area contributed by atoms with Crippen molar-refractivity contribution in [2.45, 2.75) is 12.0 Å². The molecule has 0 aliphatic carbocycles. The average Bonchev–Trinajstić information content (AvgIpc) is 3.31. The zero-order valence-electron chi connectivity index (χ0n) is 18.5. The number of aromatic nitrogens is 3. The van der Waals surface area contributed by atoms with Gasteiger partial charge in [-0.3, -0.25) is 9.59 Å². The lowest BCUT2D eigenvalue weighted by Crippen LogP contribution is -2.44. The van der Waals surface area contributed by atoms with E-state index in [1.165, 1.54) is 34.5 Å². The highest BCUT2D eigenvalue weighted by atomic mass is 19.1. The zero-order valence-corrected chi connectivity index (χ0v) is 18.5. The Balaban J connectivity index is 1.77. The number of primary amides is 1. The number of fused-ring (bicyclic) bond motifs is 1. The fourth-order valence-corrected chi connectivity index (χ4v) is 3.77. The van der Waals surface area contributed by atoms with Gasteiger partial charge in [-0.2, -0.15) is 5.10 Å². The first kappa shape index (κ1) is 23.4. The van der Waals surface area contributed by atoms with Gasteiger partial charge in [0.2, 0.25) is 5.91 Å². The zero-order chi connectivity index (χ0) is 25.2. The van der Waals surface area contributed by atoms with Gasteiger partial charge in [0.05, 0.1) is 28.4 Å². The number of nitrogens with two attached hydrogens (primary N) is 2. The van der Waals surface area contributed by atoms with Gasteiger partial charge in [0.25, 0.3) is 5.56 Å².